The summed E-state index contributed by atoms with van der Waals surface area (Å²) in [6.07, 6.45) is 4.02. The van der Waals surface area contributed by atoms with E-state index in [-0.39, 0.29) is 5.41 Å². The van der Waals surface area contributed by atoms with E-state index in [1.807, 2.05) is 24.3 Å². The van der Waals surface area contributed by atoms with Gasteiger partial charge in [0.2, 0.25) is 0 Å². The Morgan fingerprint density at radius 3 is 2.65 bits per heavy atom. The van der Waals surface area contributed by atoms with E-state index in [9.17, 15) is 5.11 Å². The van der Waals surface area contributed by atoms with E-state index in [1.54, 1.807) is 6.07 Å². The molecule has 0 bridgehead atoms. The lowest BCUT2D eigenvalue weighted by molar-refractivity contribution is 0.310. The molecule has 0 aliphatic heterocycles. The van der Waals surface area contributed by atoms with Crippen LogP contribution < -0.4 is 0 Å². The molecule has 0 saturated carbocycles. The van der Waals surface area contributed by atoms with Gasteiger partial charge in [0.25, 0.3) is 0 Å². The van der Waals surface area contributed by atoms with Crippen molar-refractivity contribution in [3.05, 3.63) is 42.0 Å². The average Bonchev–Trinajstić information content (AvgIpc) is 2.35. The predicted molar refractivity (Wildman–Crippen MR) is 85.4 cm³/mol. The van der Waals surface area contributed by atoms with E-state index in [2.05, 4.69) is 50.5 Å². The van der Waals surface area contributed by atoms with Gasteiger partial charge in [0, 0.05) is 18.5 Å². The van der Waals surface area contributed by atoms with Gasteiger partial charge in [-0.3, -0.25) is 4.90 Å². The smallest absolute Gasteiger partial charge is 0.115 e. The third kappa shape index (κ3) is 7.01. The number of rotatable bonds is 5. The Hall–Kier alpha value is -1.72. The van der Waals surface area contributed by atoms with Gasteiger partial charge in [0.05, 0.1) is 0 Å². The van der Waals surface area contributed by atoms with E-state index in [1.165, 1.54) is 0 Å². The van der Waals surface area contributed by atoms with Crippen molar-refractivity contribution in [3.63, 3.8) is 0 Å². The fourth-order valence-electron chi connectivity index (χ4n) is 1.74. The fraction of sp³-hybridized carbons (Fsp3) is 0.444. The molecule has 0 spiro atoms. The van der Waals surface area contributed by atoms with Gasteiger partial charge in [-0.15, -0.1) is 0 Å². The van der Waals surface area contributed by atoms with Gasteiger partial charge >= 0.3 is 0 Å². The molecule has 0 aromatic heterocycles. The molecule has 20 heavy (non-hydrogen) atoms. The Balaban J connectivity index is 2.51. The molecular weight excluding hydrogens is 246 g/mol. The van der Waals surface area contributed by atoms with Crippen molar-refractivity contribution in [1.82, 2.24) is 4.90 Å². The predicted octanol–water partition coefficient (Wildman–Crippen LogP) is 3.82. The minimum atomic E-state index is 0.0519. The Labute approximate surface area is 123 Å². The van der Waals surface area contributed by atoms with Crippen LogP contribution in [0, 0.1) is 17.3 Å². The van der Waals surface area contributed by atoms with Crippen molar-refractivity contribution < 1.29 is 5.11 Å². The van der Waals surface area contributed by atoms with Crippen LogP contribution in [0.15, 0.2) is 36.4 Å². The Morgan fingerprint density at radius 1 is 1.30 bits per heavy atom. The molecule has 1 N–H and O–H groups in total. The van der Waals surface area contributed by atoms with Gasteiger partial charge in [-0.2, -0.15) is 0 Å². The fourth-order valence-corrected chi connectivity index (χ4v) is 1.74. The third-order valence-corrected chi connectivity index (χ3v) is 2.78. The van der Waals surface area contributed by atoms with Crippen molar-refractivity contribution in [3.8, 4) is 17.6 Å². The molecule has 1 aromatic rings. The van der Waals surface area contributed by atoms with Gasteiger partial charge in [-0.05, 0) is 51.1 Å². The minimum Gasteiger partial charge on any atom is -0.508 e. The van der Waals surface area contributed by atoms with Crippen LogP contribution in [0.2, 0.25) is 0 Å². The molecule has 2 heteroatoms. The summed E-state index contributed by atoms with van der Waals surface area (Å²) in [7, 11) is 0. The molecule has 0 fully saturated rings. The van der Waals surface area contributed by atoms with Crippen molar-refractivity contribution in [2.45, 2.75) is 34.2 Å². The van der Waals surface area contributed by atoms with Crippen molar-refractivity contribution in [2.75, 3.05) is 13.1 Å². The van der Waals surface area contributed by atoms with Crippen molar-refractivity contribution in [1.29, 1.82) is 0 Å². The topological polar surface area (TPSA) is 23.5 Å². The van der Waals surface area contributed by atoms with Gasteiger partial charge in [0.15, 0.2) is 0 Å². The number of phenolic OH excluding ortho intramolecular Hbond substituents is 1. The summed E-state index contributed by atoms with van der Waals surface area (Å²) in [5.74, 6) is 6.59. The van der Waals surface area contributed by atoms with Crippen molar-refractivity contribution in [2.24, 2.45) is 5.41 Å². The van der Waals surface area contributed by atoms with E-state index < -0.39 is 0 Å². The molecular formula is C18H25NO. The van der Waals surface area contributed by atoms with Gasteiger partial charge in [-0.1, -0.05) is 37.0 Å². The van der Waals surface area contributed by atoms with Crippen LogP contribution in [0.4, 0.5) is 0 Å². The van der Waals surface area contributed by atoms with Crippen LogP contribution >= 0.6 is 0 Å². The average molecular weight is 271 g/mol. The number of benzene rings is 1. The summed E-state index contributed by atoms with van der Waals surface area (Å²) in [6, 6.07) is 7.42. The standard InChI is InChI=1S/C18H25NO/c1-5-19(13-8-6-7-12-18(2,3)4)15-16-10-9-11-17(20)14-16/h6,8-11,14,20H,5,13,15H2,1-4H3. The van der Waals surface area contributed by atoms with Gasteiger partial charge in [-0.25, -0.2) is 0 Å². The normalized spacial score (nSPS) is 11.7. The molecule has 0 unspecified atom stereocenters. The second-order valence-electron chi connectivity index (χ2n) is 5.92. The number of allylic oxidation sites excluding steroid dienone is 1. The number of phenols is 1. The molecule has 0 amide bonds. The molecule has 108 valence electrons. The SMILES string of the molecule is CCN(CC=CC#CC(C)(C)C)Cc1cccc(O)c1. The highest BCUT2D eigenvalue weighted by atomic mass is 16.3. The first-order valence-electron chi connectivity index (χ1n) is 7.08. The summed E-state index contributed by atoms with van der Waals surface area (Å²) >= 11 is 0. The zero-order chi connectivity index (χ0) is 15.0. The maximum absolute atomic E-state index is 9.47. The molecule has 1 aromatic carbocycles. The lowest BCUT2D eigenvalue weighted by atomic mass is 9.98. The zero-order valence-corrected chi connectivity index (χ0v) is 13.0. The van der Waals surface area contributed by atoms with Gasteiger partial charge < -0.3 is 5.11 Å². The quantitative estimate of drug-likeness (QED) is 0.823. The molecule has 0 atom stereocenters. The summed E-state index contributed by atoms with van der Waals surface area (Å²) < 4.78 is 0. The maximum Gasteiger partial charge on any atom is 0.115 e. The summed E-state index contributed by atoms with van der Waals surface area (Å²) in [5.41, 5.74) is 1.18. The van der Waals surface area contributed by atoms with Crippen LogP contribution in [0.25, 0.3) is 0 Å². The highest BCUT2D eigenvalue weighted by molar-refractivity contribution is 5.27. The largest absolute Gasteiger partial charge is 0.508 e. The van der Waals surface area contributed by atoms with Gasteiger partial charge in [0.1, 0.15) is 5.75 Å². The Kier molecular flexibility index (Phi) is 6.35. The Bertz CT molecular complexity index is 500. The molecule has 0 aliphatic rings. The third-order valence-electron chi connectivity index (χ3n) is 2.78. The summed E-state index contributed by atoms with van der Waals surface area (Å²) in [4.78, 5) is 2.30. The minimum absolute atomic E-state index is 0.0519. The van der Waals surface area contributed by atoms with Crippen LogP contribution in [0.3, 0.4) is 0 Å². The maximum atomic E-state index is 9.47. The van der Waals surface area contributed by atoms with Crippen LogP contribution in [-0.4, -0.2) is 23.1 Å². The highest BCUT2D eigenvalue weighted by Crippen LogP contribution is 2.13. The molecule has 0 radical (unpaired) electrons. The number of hydrogen-bond acceptors (Lipinski definition) is 2. The molecule has 0 heterocycles. The Morgan fingerprint density at radius 2 is 2.05 bits per heavy atom. The monoisotopic (exact) mass is 271 g/mol. The second-order valence-corrected chi connectivity index (χ2v) is 5.92. The summed E-state index contributed by atoms with van der Waals surface area (Å²) in [5, 5.41) is 9.47. The number of hydrogen-bond donors (Lipinski definition) is 1. The van der Waals surface area contributed by atoms with E-state index in [0.717, 1.165) is 25.2 Å². The lowest BCUT2D eigenvalue weighted by Gasteiger charge is -2.18. The molecule has 1 rings (SSSR count). The highest BCUT2D eigenvalue weighted by Gasteiger charge is 2.03. The summed E-state index contributed by atoms with van der Waals surface area (Å²) in [6.45, 7) is 11.1. The number of nitrogens with zero attached hydrogens (tertiary/aromatic N) is 1. The van der Waals surface area contributed by atoms with Crippen LogP contribution in [0.1, 0.15) is 33.3 Å². The van der Waals surface area contributed by atoms with E-state index >= 15 is 0 Å². The first-order valence-corrected chi connectivity index (χ1v) is 7.08. The van der Waals surface area contributed by atoms with Crippen molar-refractivity contribution >= 4 is 0 Å². The number of likely N-dealkylation sites (N-methyl/N-ethyl adjacent to an activating group) is 1. The van der Waals surface area contributed by atoms with Crippen LogP contribution in [-0.2, 0) is 6.54 Å². The molecule has 0 saturated heterocycles. The molecule has 2 nitrogen and oxygen atoms in total. The lowest BCUT2D eigenvalue weighted by Crippen LogP contribution is -2.22. The first-order chi connectivity index (χ1) is 9.40. The van der Waals surface area contributed by atoms with E-state index in [0.29, 0.717) is 5.75 Å². The first kappa shape index (κ1) is 16.3. The van der Waals surface area contributed by atoms with E-state index in [4.69, 9.17) is 0 Å². The zero-order valence-electron chi connectivity index (χ0n) is 13.0. The molecule has 0 aliphatic carbocycles. The number of aromatic hydroxyl groups is 1. The van der Waals surface area contributed by atoms with Crippen LogP contribution in [0.5, 0.6) is 5.75 Å². The second kappa shape index (κ2) is 7.77.